The standard InChI is InChI=1S/C23H27F2N5O2/c1-5-29-21(26-19-9-7-6-8-17(19)22(29)31)15(2)30(13-12-28(3)4)23(32)27-20-11-10-16(24)14-18(20)25/h6-11,14-15H,5,12-13H2,1-4H3,(H,27,32). The molecule has 32 heavy (non-hydrogen) atoms. The zero-order valence-corrected chi connectivity index (χ0v) is 18.6. The van der Waals surface area contributed by atoms with Crippen LogP contribution in [0.25, 0.3) is 10.9 Å². The number of para-hydroxylation sites is 1. The van der Waals surface area contributed by atoms with Crippen LogP contribution in [0.4, 0.5) is 19.3 Å². The number of benzene rings is 2. The first-order valence-electron chi connectivity index (χ1n) is 10.4. The lowest BCUT2D eigenvalue weighted by molar-refractivity contribution is 0.180. The molecule has 0 saturated heterocycles. The van der Waals surface area contributed by atoms with Crippen LogP contribution in [0.1, 0.15) is 25.7 Å². The van der Waals surface area contributed by atoms with Gasteiger partial charge in [0.25, 0.3) is 5.56 Å². The third-order valence-electron chi connectivity index (χ3n) is 5.27. The maximum Gasteiger partial charge on any atom is 0.322 e. The summed E-state index contributed by atoms with van der Waals surface area (Å²) in [7, 11) is 3.74. The van der Waals surface area contributed by atoms with Crippen molar-refractivity contribution in [2.75, 3.05) is 32.5 Å². The predicted molar refractivity (Wildman–Crippen MR) is 121 cm³/mol. The number of halogens is 2. The largest absolute Gasteiger partial charge is 0.322 e. The molecule has 0 bridgehead atoms. The van der Waals surface area contributed by atoms with Gasteiger partial charge in [-0.05, 0) is 52.2 Å². The van der Waals surface area contributed by atoms with Gasteiger partial charge in [-0.15, -0.1) is 0 Å². The van der Waals surface area contributed by atoms with Crippen LogP contribution in [0.15, 0.2) is 47.3 Å². The van der Waals surface area contributed by atoms with Crippen LogP contribution in [0.3, 0.4) is 0 Å². The first-order valence-corrected chi connectivity index (χ1v) is 10.4. The maximum atomic E-state index is 14.1. The topological polar surface area (TPSA) is 70.5 Å². The van der Waals surface area contributed by atoms with Crippen molar-refractivity contribution < 1.29 is 13.6 Å². The van der Waals surface area contributed by atoms with E-state index in [1.807, 2.05) is 25.9 Å². The highest BCUT2D eigenvalue weighted by molar-refractivity contribution is 5.89. The van der Waals surface area contributed by atoms with E-state index in [0.717, 1.165) is 6.07 Å². The Labute approximate surface area is 185 Å². The summed E-state index contributed by atoms with van der Waals surface area (Å²) in [5, 5.41) is 3.02. The fraction of sp³-hybridized carbons (Fsp3) is 0.348. The summed E-state index contributed by atoms with van der Waals surface area (Å²) in [5.41, 5.74) is 0.233. The second-order valence-corrected chi connectivity index (χ2v) is 7.76. The Balaban J connectivity index is 2.01. The number of amides is 2. The Morgan fingerprint density at radius 3 is 2.53 bits per heavy atom. The molecule has 2 amide bonds. The number of nitrogens with one attached hydrogen (secondary N) is 1. The van der Waals surface area contributed by atoms with E-state index >= 15 is 0 Å². The second-order valence-electron chi connectivity index (χ2n) is 7.76. The molecule has 1 heterocycles. The van der Waals surface area contributed by atoms with Crippen LogP contribution in [0.2, 0.25) is 0 Å². The number of fused-ring (bicyclic) bond motifs is 1. The monoisotopic (exact) mass is 443 g/mol. The number of hydrogen-bond acceptors (Lipinski definition) is 4. The molecular formula is C23H27F2N5O2. The molecule has 0 aliphatic carbocycles. The summed E-state index contributed by atoms with van der Waals surface area (Å²) >= 11 is 0. The first kappa shape index (κ1) is 23.3. The van der Waals surface area contributed by atoms with Gasteiger partial charge in [-0.25, -0.2) is 18.6 Å². The molecule has 0 saturated carbocycles. The number of nitrogens with zero attached hydrogens (tertiary/aromatic N) is 4. The van der Waals surface area contributed by atoms with Gasteiger partial charge in [0, 0.05) is 25.7 Å². The van der Waals surface area contributed by atoms with Crippen molar-refractivity contribution >= 4 is 22.6 Å². The maximum absolute atomic E-state index is 14.1. The Hall–Kier alpha value is -3.33. The van der Waals surface area contributed by atoms with Crippen LogP contribution in [-0.2, 0) is 6.54 Å². The molecule has 0 aliphatic heterocycles. The van der Waals surface area contributed by atoms with Crippen molar-refractivity contribution in [2.45, 2.75) is 26.4 Å². The lowest BCUT2D eigenvalue weighted by Gasteiger charge is -2.31. The molecule has 0 aliphatic rings. The number of anilines is 1. The smallest absolute Gasteiger partial charge is 0.313 e. The molecular weight excluding hydrogens is 416 g/mol. The van der Waals surface area contributed by atoms with E-state index in [1.54, 1.807) is 35.8 Å². The van der Waals surface area contributed by atoms with E-state index in [4.69, 9.17) is 0 Å². The van der Waals surface area contributed by atoms with Gasteiger partial charge in [0.15, 0.2) is 0 Å². The molecule has 0 radical (unpaired) electrons. The highest BCUT2D eigenvalue weighted by atomic mass is 19.1. The van der Waals surface area contributed by atoms with Gasteiger partial charge < -0.3 is 15.1 Å². The average molecular weight is 443 g/mol. The SMILES string of the molecule is CCn1c(C(C)N(CCN(C)C)C(=O)Nc2ccc(F)cc2F)nc2ccccc2c1=O. The lowest BCUT2D eigenvalue weighted by atomic mass is 10.2. The summed E-state index contributed by atoms with van der Waals surface area (Å²) in [6, 6.07) is 8.85. The Bertz CT molecular complexity index is 1180. The van der Waals surface area contributed by atoms with Crippen molar-refractivity contribution in [3.63, 3.8) is 0 Å². The van der Waals surface area contributed by atoms with Gasteiger partial charge in [-0.3, -0.25) is 9.36 Å². The minimum absolute atomic E-state index is 0.127. The third kappa shape index (κ3) is 4.94. The Morgan fingerprint density at radius 1 is 1.16 bits per heavy atom. The van der Waals surface area contributed by atoms with Crippen LogP contribution >= 0.6 is 0 Å². The van der Waals surface area contributed by atoms with Crippen LogP contribution < -0.4 is 10.9 Å². The number of hydrogen-bond donors (Lipinski definition) is 1. The summed E-state index contributed by atoms with van der Waals surface area (Å²) in [4.78, 5) is 34.2. The number of carbonyl (C=O) groups excluding carboxylic acids is 1. The molecule has 9 heteroatoms. The normalized spacial score (nSPS) is 12.2. The molecule has 2 aromatic carbocycles. The fourth-order valence-corrected chi connectivity index (χ4v) is 3.51. The van der Waals surface area contributed by atoms with Crippen molar-refractivity contribution in [1.82, 2.24) is 19.4 Å². The number of urea groups is 1. The Kier molecular flexibility index (Phi) is 7.19. The Morgan fingerprint density at radius 2 is 1.88 bits per heavy atom. The molecule has 170 valence electrons. The second kappa shape index (κ2) is 9.86. The summed E-state index contributed by atoms with van der Waals surface area (Å²) in [6.45, 7) is 4.83. The molecule has 0 fully saturated rings. The summed E-state index contributed by atoms with van der Waals surface area (Å²) in [5.74, 6) is -1.16. The van der Waals surface area contributed by atoms with E-state index in [2.05, 4.69) is 10.3 Å². The zero-order valence-electron chi connectivity index (χ0n) is 18.6. The van der Waals surface area contributed by atoms with E-state index < -0.39 is 23.7 Å². The van der Waals surface area contributed by atoms with Gasteiger partial charge >= 0.3 is 6.03 Å². The van der Waals surface area contributed by atoms with E-state index in [-0.39, 0.29) is 11.2 Å². The summed E-state index contributed by atoms with van der Waals surface area (Å²) < 4.78 is 28.9. The zero-order chi connectivity index (χ0) is 23.4. The molecule has 1 unspecified atom stereocenters. The molecule has 1 aromatic heterocycles. The highest BCUT2D eigenvalue weighted by Gasteiger charge is 2.26. The quantitative estimate of drug-likeness (QED) is 0.602. The average Bonchev–Trinajstić information content (AvgIpc) is 2.75. The van der Waals surface area contributed by atoms with Crippen LogP contribution in [0, 0.1) is 11.6 Å². The number of aromatic nitrogens is 2. The van der Waals surface area contributed by atoms with Gasteiger partial charge in [0.1, 0.15) is 17.5 Å². The molecule has 1 N–H and O–H groups in total. The number of likely N-dealkylation sites (N-methyl/N-ethyl adjacent to an activating group) is 1. The van der Waals surface area contributed by atoms with Gasteiger partial charge in [0.2, 0.25) is 0 Å². The lowest BCUT2D eigenvalue weighted by Crippen LogP contribution is -2.43. The fourth-order valence-electron chi connectivity index (χ4n) is 3.51. The van der Waals surface area contributed by atoms with E-state index in [0.29, 0.717) is 42.4 Å². The minimum Gasteiger partial charge on any atom is -0.313 e. The van der Waals surface area contributed by atoms with Crippen LogP contribution in [0.5, 0.6) is 0 Å². The molecule has 1 atom stereocenters. The molecule has 7 nitrogen and oxygen atoms in total. The van der Waals surface area contributed by atoms with Crippen molar-refractivity contribution in [3.8, 4) is 0 Å². The van der Waals surface area contributed by atoms with Crippen molar-refractivity contribution in [1.29, 1.82) is 0 Å². The third-order valence-corrected chi connectivity index (χ3v) is 5.27. The van der Waals surface area contributed by atoms with Crippen molar-refractivity contribution in [3.05, 3.63) is 70.3 Å². The number of carbonyl (C=O) groups is 1. The van der Waals surface area contributed by atoms with Crippen LogP contribution in [-0.4, -0.2) is 52.6 Å². The minimum atomic E-state index is -0.868. The van der Waals surface area contributed by atoms with Gasteiger partial charge in [-0.1, -0.05) is 12.1 Å². The molecule has 3 aromatic rings. The van der Waals surface area contributed by atoms with E-state index in [1.165, 1.54) is 11.0 Å². The van der Waals surface area contributed by atoms with E-state index in [9.17, 15) is 18.4 Å². The van der Waals surface area contributed by atoms with Gasteiger partial charge in [-0.2, -0.15) is 0 Å². The van der Waals surface area contributed by atoms with Crippen molar-refractivity contribution in [2.24, 2.45) is 0 Å². The first-order chi connectivity index (χ1) is 15.2. The molecule has 3 rings (SSSR count). The predicted octanol–water partition coefficient (Wildman–Crippen LogP) is 3.85. The van der Waals surface area contributed by atoms with Gasteiger partial charge in [0.05, 0.1) is 22.6 Å². The highest BCUT2D eigenvalue weighted by Crippen LogP contribution is 2.22. The number of rotatable bonds is 7. The summed E-state index contributed by atoms with van der Waals surface area (Å²) in [6.07, 6.45) is 0. The molecule has 0 spiro atoms.